The number of hydrogen-bond donors (Lipinski definition) is 2. The predicted octanol–water partition coefficient (Wildman–Crippen LogP) is 2.38. The van der Waals surface area contributed by atoms with E-state index in [1.807, 2.05) is 0 Å². The smallest absolute Gasteiger partial charge is 0.307 e. The molecule has 2 N–H and O–H groups in total. The summed E-state index contributed by atoms with van der Waals surface area (Å²) in [5.74, 6) is -1.06. The molecule has 112 valence electrons. The molecule has 0 aliphatic rings. The number of aromatic amines is 1. The second-order valence-corrected chi connectivity index (χ2v) is 4.96. The van der Waals surface area contributed by atoms with Crippen molar-refractivity contribution in [1.82, 2.24) is 10.3 Å². The highest BCUT2D eigenvalue weighted by Crippen LogP contribution is 2.16. The molecule has 0 unspecified atom stereocenters. The molecule has 0 radical (unpaired) electrons. The van der Waals surface area contributed by atoms with Crippen LogP contribution in [0.15, 0.2) is 24.3 Å². The van der Waals surface area contributed by atoms with Gasteiger partial charge in [0.05, 0.1) is 12.5 Å². The van der Waals surface area contributed by atoms with Gasteiger partial charge in [-0.2, -0.15) is 0 Å². The Bertz CT molecular complexity index is 664. The van der Waals surface area contributed by atoms with Gasteiger partial charge in [-0.3, -0.25) is 9.59 Å². The van der Waals surface area contributed by atoms with E-state index in [0.29, 0.717) is 16.6 Å². The highest BCUT2D eigenvalue weighted by atomic mass is 19.1. The number of rotatable bonds is 5. The number of carbonyl (C=O) groups is 2. The molecule has 0 fully saturated rings. The molecule has 0 aliphatic heterocycles. The molecule has 5 nitrogen and oxygen atoms in total. The zero-order valence-electron chi connectivity index (χ0n) is 11.9. The van der Waals surface area contributed by atoms with Crippen molar-refractivity contribution in [3.05, 3.63) is 35.8 Å². The lowest BCUT2D eigenvalue weighted by Gasteiger charge is -2.08. The van der Waals surface area contributed by atoms with E-state index in [-0.39, 0.29) is 36.8 Å². The minimum absolute atomic E-state index is 0.110. The number of fused-ring (bicyclic) bond motifs is 1. The molecule has 0 aliphatic carbocycles. The summed E-state index contributed by atoms with van der Waals surface area (Å²) < 4.78 is 18.0. The van der Waals surface area contributed by atoms with Crippen LogP contribution < -0.4 is 5.32 Å². The topological polar surface area (TPSA) is 71.2 Å². The lowest BCUT2D eigenvalue weighted by atomic mass is 10.2. The number of halogens is 1. The van der Waals surface area contributed by atoms with Crippen molar-refractivity contribution >= 4 is 22.8 Å². The molecule has 6 heteroatoms. The Hall–Kier alpha value is -2.37. The normalized spacial score (nSPS) is 10.9. The lowest BCUT2D eigenvalue weighted by molar-refractivity contribution is -0.147. The van der Waals surface area contributed by atoms with E-state index in [2.05, 4.69) is 10.3 Å². The van der Waals surface area contributed by atoms with E-state index in [0.717, 1.165) is 0 Å². The molecule has 2 aromatic rings. The third-order valence-electron chi connectivity index (χ3n) is 2.81. The van der Waals surface area contributed by atoms with Crippen molar-refractivity contribution in [1.29, 1.82) is 0 Å². The molecule has 0 bridgehead atoms. The van der Waals surface area contributed by atoms with Gasteiger partial charge in [0.25, 0.3) is 5.91 Å². The van der Waals surface area contributed by atoms with Crippen molar-refractivity contribution in [2.75, 3.05) is 6.54 Å². The number of benzene rings is 1. The summed E-state index contributed by atoms with van der Waals surface area (Å²) in [5.41, 5.74) is 1.01. The number of H-pyrrole nitrogens is 1. The maximum Gasteiger partial charge on any atom is 0.307 e. The summed E-state index contributed by atoms with van der Waals surface area (Å²) >= 11 is 0. The molecular weight excluding hydrogens is 275 g/mol. The van der Waals surface area contributed by atoms with Gasteiger partial charge in [-0.05, 0) is 38.1 Å². The molecule has 0 saturated carbocycles. The van der Waals surface area contributed by atoms with Gasteiger partial charge in [0, 0.05) is 17.4 Å². The first kappa shape index (κ1) is 15.0. The first-order valence-corrected chi connectivity index (χ1v) is 6.71. The maximum atomic E-state index is 13.1. The van der Waals surface area contributed by atoms with E-state index in [1.54, 1.807) is 26.0 Å². The average Bonchev–Trinajstić information content (AvgIpc) is 2.80. The molecule has 2 rings (SSSR count). The third-order valence-corrected chi connectivity index (χ3v) is 2.81. The molecule has 0 spiro atoms. The van der Waals surface area contributed by atoms with Gasteiger partial charge in [-0.15, -0.1) is 0 Å². The Morgan fingerprint density at radius 1 is 1.33 bits per heavy atom. The summed E-state index contributed by atoms with van der Waals surface area (Å²) in [6, 6.07) is 5.81. The number of hydrogen-bond acceptors (Lipinski definition) is 3. The van der Waals surface area contributed by atoms with E-state index in [1.165, 1.54) is 12.1 Å². The Morgan fingerprint density at radius 3 is 2.81 bits per heavy atom. The highest BCUT2D eigenvalue weighted by molar-refractivity contribution is 5.98. The summed E-state index contributed by atoms with van der Waals surface area (Å²) in [6.07, 6.45) is -0.0597. The quantitative estimate of drug-likeness (QED) is 0.831. The summed E-state index contributed by atoms with van der Waals surface area (Å²) in [7, 11) is 0. The number of aromatic nitrogens is 1. The second-order valence-electron chi connectivity index (χ2n) is 4.96. The zero-order valence-corrected chi connectivity index (χ0v) is 11.9. The molecule has 1 aromatic heterocycles. The standard InChI is InChI=1S/C15H17FN2O3/c1-9(2)21-14(19)5-6-17-15(20)13-8-10-7-11(16)3-4-12(10)18-13/h3-4,7-9,18H,5-6H2,1-2H3,(H,17,20). The fraction of sp³-hybridized carbons (Fsp3) is 0.333. The lowest BCUT2D eigenvalue weighted by Crippen LogP contribution is -2.27. The molecule has 1 heterocycles. The molecule has 0 saturated heterocycles. The number of amides is 1. The van der Waals surface area contributed by atoms with Crippen LogP contribution in [0.4, 0.5) is 4.39 Å². The van der Waals surface area contributed by atoms with Crippen molar-refractivity contribution in [3.63, 3.8) is 0 Å². The van der Waals surface area contributed by atoms with Gasteiger partial charge in [0.1, 0.15) is 11.5 Å². The van der Waals surface area contributed by atoms with Crippen LogP contribution in [-0.4, -0.2) is 29.5 Å². The van der Waals surface area contributed by atoms with Gasteiger partial charge in [0.15, 0.2) is 0 Å². The van der Waals surface area contributed by atoms with Crippen molar-refractivity contribution in [3.8, 4) is 0 Å². The summed E-state index contributed by atoms with van der Waals surface area (Å²) in [6.45, 7) is 3.72. The maximum absolute atomic E-state index is 13.1. The van der Waals surface area contributed by atoms with Crippen molar-refractivity contribution < 1.29 is 18.7 Å². The fourth-order valence-corrected chi connectivity index (χ4v) is 1.92. The number of carbonyl (C=O) groups excluding carboxylic acids is 2. The Kier molecular flexibility index (Phi) is 4.57. The summed E-state index contributed by atoms with van der Waals surface area (Å²) in [4.78, 5) is 26.1. The second kappa shape index (κ2) is 6.39. The Morgan fingerprint density at radius 2 is 2.10 bits per heavy atom. The number of ether oxygens (including phenoxy) is 1. The number of nitrogens with one attached hydrogen (secondary N) is 2. The van der Waals surface area contributed by atoms with Gasteiger partial charge >= 0.3 is 5.97 Å². The summed E-state index contributed by atoms with van der Waals surface area (Å²) in [5, 5.41) is 3.24. The van der Waals surface area contributed by atoms with Crippen LogP contribution in [0.3, 0.4) is 0 Å². The van der Waals surface area contributed by atoms with Crippen molar-refractivity contribution in [2.45, 2.75) is 26.4 Å². The van der Waals surface area contributed by atoms with Gasteiger partial charge < -0.3 is 15.0 Å². The Balaban J connectivity index is 1.91. The molecular formula is C15H17FN2O3. The van der Waals surface area contributed by atoms with Crippen LogP contribution in [0, 0.1) is 5.82 Å². The number of esters is 1. The van der Waals surface area contributed by atoms with Crippen molar-refractivity contribution in [2.24, 2.45) is 0 Å². The third kappa shape index (κ3) is 4.05. The Labute approximate surface area is 121 Å². The van der Waals surface area contributed by atoms with Gasteiger partial charge in [-0.1, -0.05) is 0 Å². The van der Waals surface area contributed by atoms with Crippen LogP contribution in [0.2, 0.25) is 0 Å². The predicted molar refractivity (Wildman–Crippen MR) is 76.4 cm³/mol. The van der Waals surface area contributed by atoms with Crippen LogP contribution in [0.1, 0.15) is 30.8 Å². The first-order valence-electron chi connectivity index (χ1n) is 6.71. The molecule has 1 amide bonds. The van der Waals surface area contributed by atoms with Crippen LogP contribution in [-0.2, 0) is 9.53 Å². The van der Waals surface area contributed by atoms with Gasteiger partial charge in [-0.25, -0.2) is 4.39 Å². The van der Waals surface area contributed by atoms with Crippen LogP contribution >= 0.6 is 0 Å². The molecule has 21 heavy (non-hydrogen) atoms. The fourth-order valence-electron chi connectivity index (χ4n) is 1.92. The van der Waals surface area contributed by atoms with E-state index < -0.39 is 0 Å². The monoisotopic (exact) mass is 292 g/mol. The largest absolute Gasteiger partial charge is 0.463 e. The average molecular weight is 292 g/mol. The van der Waals surface area contributed by atoms with Crippen LogP contribution in [0.5, 0.6) is 0 Å². The first-order chi connectivity index (χ1) is 9.95. The van der Waals surface area contributed by atoms with Gasteiger partial charge in [0.2, 0.25) is 0 Å². The molecule has 0 atom stereocenters. The zero-order chi connectivity index (χ0) is 15.4. The highest BCUT2D eigenvalue weighted by Gasteiger charge is 2.11. The van der Waals surface area contributed by atoms with E-state index in [9.17, 15) is 14.0 Å². The van der Waals surface area contributed by atoms with Crippen LogP contribution in [0.25, 0.3) is 10.9 Å². The minimum atomic E-state index is -0.357. The van der Waals surface area contributed by atoms with E-state index >= 15 is 0 Å². The SMILES string of the molecule is CC(C)OC(=O)CCNC(=O)c1cc2cc(F)ccc2[nH]1. The minimum Gasteiger partial charge on any atom is -0.463 e. The van der Waals surface area contributed by atoms with E-state index in [4.69, 9.17) is 4.74 Å². The molecule has 1 aromatic carbocycles.